The van der Waals surface area contributed by atoms with Crippen LogP contribution in [0.1, 0.15) is 32.6 Å². The van der Waals surface area contributed by atoms with Gasteiger partial charge in [0.25, 0.3) is 0 Å². The van der Waals surface area contributed by atoms with Crippen molar-refractivity contribution < 1.29 is 9.53 Å². The maximum atomic E-state index is 11.1. The first-order chi connectivity index (χ1) is 6.12. The molecule has 1 saturated heterocycles. The Bertz CT molecular complexity index is 301. The highest BCUT2D eigenvalue weighted by molar-refractivity contribution is 5.77. The maximum absolute atomic E-state index is 11.1. The summed E-state index contributed by atoms with van der Waals surface area (Å²) in [5, 5.41) is 0. The number of carbonyl (C=O) groups is 1. The second-order valence-electron chi connectivity index (χ2n) is 4.00. The van der Waals surface area contributed by atoms with Gasteiger partial charge in [0, 0.05) is 6.42 Å². The molecular formula is C11H14O2. The number of ether oxygens (including phenoxy) is 1. The summed E-state index contributed by atoms with van der Waals surface area (Å²) in [5.74, 6) is -0.113. The number of carbonyl (C=O) groups excluding carboxylic acids is 1. The summed E-state index contributed by atoms with van der Waals surface area (Å²) >= 11 is 0. The van der Waals surface area contributed by atoms with E-state index in [1.165, 1.54) is 5.57 Å². The van der Waals surface area contributed by atoms with Crippen molar-refractivity contribution in [1.82, 2.24) is 0 Å². The van der Waals surface area contributed by atoms with Gasteiger partial charge in [-0.05, 0) is 25.3 Å². The number of rotatable bonds is 0. The first kappa shape index (κ1) is 8.54. The summed E-state index contributed by atoms with van der Waals surface area (Å²) in [5.41, 5.74) is 2.01. The molecule has 0 unspecified atom stereocenters. The Kier molecular flexibility index (Phi) is 1.79. The van der Waals surface area contributed by atoms with E-state index in [4.69, 9.17) is 4.74 Å². The van der Waals surface area contributed by atoms with Gasteiger partial charge >= 0.3 is 5.97 Å². The Morgan fingerprint density at radius 3 is 2.85 bits per heavy atom. The Morgan fingerprint density at radius 2 is 2.38 bits per heavy atom. The average Bonchev–Trinajstić information content (AvgIpc) is 2.34. The molecule has 0 aromatic carbocycles. The minimum Gasteiger partial charge on any atom is -0.454 e. The minimum absolute atomic E-state index is 0.113. The summed E-state index contributed by atoms with van der Waals surface area (Å²) in [4.78, 5) is 11.1. The van der Waals surface area contributed by atoms with Crippen LogP contribution in [0.5, 0.6) is 0 Å². The van der Waals surface area contributed by atoms with Crippen LogP contribution in [-0.2, 0) is 9.53 Å². The van der Waals surface area contributed by atoms with Crippen LogP contribution >= 0.6 is 0 Å². The lowest BCUT2D eigenvalue weighted by Crippen LogP contribution is -2.31. The normalized spacial score (nSPS) is 33.5. The molecule has 2 heteroatoms. The highest BCUT2D eigenvalue weighted by atomic mass is 16.6. The smallest absolute Gasteiger partial charge is 0.310 e. The number of hydrogen-bond donors (Lipinski definition) is 0. The summed E-state index contributed by atoms with van der Waals surface area (Å²) < 4.78 is 5.37. The third kappa shape index (κ3) is 1.30. The van der Waals surface area contributed by atoms with Crippen LogP contribution in [0.25, 0.3) is 0 Å². The molecule has 1 aliphatic carbocycles. The zero-order valence-electron chi connectivity index (χ0n) is 7.93. The summed E-state index contributed by atoms with van der Waals surface area (Å²) in [6.45, 7) is 6.05. The van der Waals surface area contributed by atoms with Gasteiger partial charge < -0.3 is 4.74 Å². The predicted molar refractivity (Wildman–Crippen MR) is 50.2 cm³/mol. The van der Waals surface area contributed by atoms with Crippen molar-refractivity contribution >= 4 is 5.97 Å². The summed E-state index contributed by atoms with van der Waals surface area (Å²) in [7, 11) is 0. The minimum atomic E-state index is -0.337. The molecule has 1 heterocycles. The molecule has 0 amide bonds. The molecule has 1 fully saturated rings. The molecule has 0 radical (unpaired) electrons. The average molecular weight is 178 g/mol. The third-order valence-corrected chi connectivity index (χ3v) is 3.01. The van der Waals surface area contributed by atoms with Gasteiger partial charge in [-0.25, -0.2) is 0 Å². The molecule has 0 aromatic rings. The molecule has 0 bridgehead atoms. The van der Waals surface area contributed by atoms with Crippen molar-refractivity contribution in [3.05, 3.63) is 23.8 Å². The fourth-order valence-electron chi connectivity index (χ4n) is 2.02. The van der Waals surface area contributed by atoms with Gasteiger partial charge in [-0.2, -0.15) is 0 Å². The molecule has 2 nitrogen and oxygen atoms in total. The first-order valence-corrected chi connectivity index (χ1v) is 4.68. The highest BCUT2D eigenvalue weighted by Crippen LogP contribution is 2.41. The Morgan fingerprint density at radius 1 is 1.62 bits per heavy atom. The molecule has 70 valence electrons. The van der Waals surface area contributed by atoms with E-state index in [1.807, 2.05) is 0 Å². The SMILES string of the molecule is C=C1CC(=O)O[C@@]12CC=C(C)CC2. The van der Waals surface area contributed by atoms with Crippen LogP contribution in [0.2, 0.25) is 0 Å². The van der Waals surface area contributed by atoms with Crippen LogP contribution < -0.4 is 0 Å². The lowest BCUT2D eigenvalue weighted by atomic mass is 9.81. The van der Waals surface area contributed by atoms with E-state index in [2.05, 4.69) is 19.6 Å². The van der Waals surface area contributed by atoms with Crippen molar-refractivity contribution in [2.75, 3.05) is 0 Å². The van der Waals surface area contributed by atoms with Crippen LogP contribution in [0.3, 0.4) is 0 Å². The standard InChI is InChI=1S/C11H14O2/c1-8-3-5-11(6-4-8)9(2)7-10(12)13-11/h3H,2,4-7H2,1H3/t11-/m1/s1. The maximum Gasteiger partial charge on any atom is 0.310 e. The van der Waals surface area contributed by atoms with Gasteiger partial charge in [0.05, 0.1) is 6.42 Å². The van der Waals surface area contributed by atoms with Crippen LogP contribution in [0.4, 0.5) is 0 Å². The van der Waals surface area contributed by atoms with Gasteiger partial charge in [-0.1, -0.05) is 18.2 Å². The molecule has 0 saturated carbocycles. The predicted octanol–water partition coefficient (Wildman–Crippen LogP) is 2.36. The van der Waals surface area contributed by atoms with E-state index in [-0.39, 0.29) is 11.6 Å². The van der Waals surface area contributed by atoms with E-state index < -0.39 is 0 Å². The first-order valence-electron chi connectivity index (χ1n) is 4.68. The monoisotopic (exact) mass is 178 g/mol. The molecule has 1 spiro atoms. The van der Waals surface area contributed by atoms with Crippen molar-refractivity contribution in [1.29, 1.82) is 0 Å². The van der Waals surface area contributed by atoms with Crippen molar-refractivity contribution in [3.63, 3.8) is 0 Å². The lowest BCUT2D eigenvalue weighted by molar-refractivity contribution is -0.148. The molecule has 13 heavy (non-hydrogen) atoms. The van der Waals surface area contributed by atoms with E-state index >= 15 is 0 Å². The Balaban J connectivity index is 2.23. The van der Waals surface area contributed by atoms with Gasteiger partial charge in [0.1, 0.15) is 5.60 Å². The number of esters is 1. The largest absolute Gasteiger partial charge is 0.454 e. The molecule has 2 rings (SSSR count). The highest BCUT2D eigenvalue weighted by Gasteiger charge is 2.43. The van der Waals surface area contributed by atoms with Crippen LogP contribution in [0, 0.1) is 0 Å². The van der Waals surface area contributed by atoms with Gasteiger partial charge in [0.15, 0.2) is 0 Å². The van der Waals surface area contributed by atoms with E-state index in [1.54, 1.807) is 0 Å². The van der Waals surface area contributed by atoms with E-state index in [0.29, 0.717) is 6.42 Å². The zero-order valence-corrected chi connectivity index (χ0v) is 7.93. The molecule has 0 N–H and O–H groups in total. The van der Waals surface area contributed by atoms with Crippen LogP contribution in [0.15, 0.2) is 23.8 Å². The van der Waals surface area contributed by atoms with Crippen molar-refractivity contribution in [2.24, 2.45) is 0 Å². The zero-order chi connectivity index (χ0) is 9.47. The molecule has 1 aliphatic heterocycles. The number of allylic oxidation sites excluding steroid dienone is 1. The Labute approximate surface area is 78.3 Å². The van der Waals surface area contributed by atoms with Crippen LogP contribution in [-0.4, -0.2) is 11.6 Å². The second kappa shape index (κ2) is 2.72. The lowest BCUT2D eigenvalue weighted by Gasteiger charge is -2.31. The van der Waals surface area contributed by atoms with E-state index in [9.17, 15) is 4.79 Å². The summed E-state index contributed by atoms with van der Waals surface area (Å²) in [6, 6.07) is 0. The van der Waals surface area contributed by atoms with Crippen molar-refractivity contribution in [3.8, 4) is 0 Å². The molecule has 0 aromatic heterocycles. The molecular weight excluding hydrogens is 164 g/mol. The second-order valence-corrected chi connectivity index (χ2v) is 4.00. The van der Waals surface area contributed by atoms with Crippen molar-refractivity contribution in [2.45, 2.75) is 38.2 Å². The topological polar surface area (TPSA) is 26.3 Å². The van der Waals surface area contributed by atoms with Gasteiger partial charge in [-0.3, -0.25) is 4.79 Å². The number of hydrogen-bond acceptors (Lipinski definition) is 2. The fraction of sp³-hybridized carbons (Fsp3) is 0.545. The molecule has 1 atom stereocenters. The summed E-state index contributed by atoms with van der Waals surface area (Å²) in [6.07, 6.45) is 5.33. The molecule has 2 aliphatic rings. The quantitative estimate of drug-likeness (QED) is 0.420. The van der Waals surface area contributed by atoms with Gasteiger partial charge in [0.2, 0.25) is 0 Å². The van der Waals surface area contributed by atoms with Gasteiger partial charge in [-0.15, -0.1) is 0 Å². The fourth-order valence-corrected chi connectivity index (χ4v) is 2.02. The Hall–Kier alpha value is -1.05. The van der Waals surface area contributed by atoms with E-state index in [0.717, 1.165) is 24.8 Å². The third-order valence-electron chi connectivity index (χ3n) is 3.01.